The van der Waals surface area contributed by atoms with Gasteiger partial charge in [-0.05, 0) is 53.3 Å². The number of amides is 1. The molecule has 186 valence electrons. The summed E-state index contributed by atoms with van der Waals surface area (Å²) in [4.78, 5) is 15.0. The average molecular weight is 506 g/mol. The van der Waals surface area contributed by atoms with Crippen LogP contribution in [0.2, 0.25) is 0 Å². The van der Waals surface area contributed by atoms with Gasteiger partial charge in [0.2, 0.25) is 0 Å². The van der Waals surface area contributed by atoms with Crippen LogP contribution in [0, 0.1) is 0 Å². The Bertz CT molecular complexity index is 1230. The van der Waals surface area contributed by atoms with E-state index in [1.165, 1.54) is 28.4 Å². The van der Waals surface area contributed by atoms with Gasteiger partial charge in [-0.1, -0.05) is 26.2 Å². The number of tetrazole rings is 1. The Balaban J connectivity index is 1.56. The van der Waals surface area contributed by atoms with Crippen LogP contribution in [0.3, 0.4) is 0 Å². The second-order valence-electron chi connectivity index (χ2n) is 9.17. The van der Waals surface area contributed by atoms with Gasteiger partial charge >= 0.3 is 6.18 Å². The third-order valence-electron chi connectivity index (χ3n) is 6.63. The normalized spacial score (nSPS) is 21.0. The number of rotatable bonds is 9. The van der Waals surface area contributed by atoms with Gasteiger partial charge in [0.15, 0.2) is 11.4 Å². The average Bonchev–Trinajstić information content (AvgIpc) is 3.23. The molecule has 1 amide bonds. The van der Waals surface area contributed by atoms with Crippen molar-refractivity contribution in [1.29, 1.82) is 0 Å². The van der Waals surface area contributed by atoms with Crippen molar-refractivity contribution in [3.63, 3.8) is 0 Å². The van der Waals surface area contributed by atoms with E-state index in [2.05, 4.69) is 38.0 Å². The van der Waals surface area contributed by atoms with E-state index in [9.17, 15) is 18.0 Å². The largest absolute Gasteiger partial charge is 0.416 e. The number of nitrogens with zero attached hydrogens (tertiary/aromatic N) is 5. The van der Waals surface area contributed by atoms with Crippen molar-refractivity contribution in [3.8, 4) is 0 Å². The Hall–Kier alpha value is -3.02. The highest BCUT2D eigenvalue weighted by Crippen LogP contribution is 2.51. The van der Waals surface area contributed by atoms with E-state index in [4.69, 9.17) is 0 Å². The van der Waals surface area contributed by atoms with Gasteiger partial charge in [0.1, 0.15) is 0 Å². The van der Waals surface area contributed by atoms with E-state index in [0.717, 1.165) is 43.4 Å². The van der Waals surface area contributed by atoms with Crippen molar-refractivity contribution < 1.29 is 18.0 Å². The van der Waals surface area contributed by atoms with Crippen molar-refractivity contribution >= 4 is 28.4 Å². The van der Waals surface area contributed by atoms with Gasteiger partial charge < -0.3 is 5.32 Å². The van der Waals surface area contributed by atoms with Gasteiger partial charge in [-0.2, -0.15) is 18.3 Å². The summed E-state index contributed by atoms with van der Waals surface area (Å²) >= 11 is 1.43. The van der Waals surface area contributed by atoms with Crippen LogP contribution in [0.15, 0.2) is 24.5 Å². The number of H-pyrrole nitrogens is 1. The molecular weight excluding hydrogens is 479 g/mol. The topological polar surface area (TPSA) is 101 Å². The number of hydrogen-bond donors (Lipinski definition) is 2. The number of aromatic nitrogens is 6. The molecule has 1 aliphatic carbocycles. The molecule has 2 N–H and O–H groups in total. The molecule has 3 aromatic rings. The van der Waals surface area contributed by atoms with Gasteiger partial charge in [0.25, 0.3) is 5.91 Å². The summed E-state index contributed by atoms with van der Waals surface area (Å²) in [5, 5.41) is 19.9. The summed E-state index contributed by atoms with van der Waals surface area (Å²) in [5.41, 5.74) is -2.38. The summed E-state index contributed by atoms with van der Waals surface area (Å²) in [6, 6.07) is 3.74. The first kappa shape index (κ1) is 23.7. The molecule has 1 fully saturated rings. The predicted octanol–water partition coefficient (Wildman–Crippen LogP) is 4.80. The third kappa shape index (κ3) is 4.51. The van der Waals surface area contributed by atoms with Gasteiger partial charge in [-0.25, -0.2) is 5.10 Å². The summed E-state index contributed by atoms with van der Waals surface area (Å²) in [6.45, 7) is 2.62. The van der Waals surface area contributed by atoms with Gasteiger partial charge in [0, 0.05) is 34.5 Å². The lowest BCUT2D eigenvalue weighted by Gasteiger charge is -2.40. The number of thiophene rings is 1. The second-order valence-corrected chi connectivity index (χ2v) is 10.3. The van der Waals surface area contributed by atoms with E-state index < -0.39 is 24.0 Å². The molecule has 12 heteroatoms. The fourth-order valence-electron chi connectivity index (χ4n) is 4.54. The number of carbonyl (C=O) groups is 1. The van der Waals surface area contributed by atoms with E-state index in [1.54, 1.807) is 6.07 Å². The van der Waals surface area contributed by atoms with Crippen molar-refractivity contribution in [2.24, 2.45) is 0 Å². The summed E-state index contributed by atoms with van der Waals surface area (Å²) in [6.07, 6.45) is 3.47. The Labute approximate surface area is 204 Å². The van der Waals surface area contributed by atoms with Crippen LogP contribution >= 0.6 is 11.3 Å². The number of nitrogens with one attached hydrogen (secondary N) is 2. The number of aryl methyl sites for hydroxylation is 1. The molecule has 5 rings (SSSR count). The van der Waals surface area contributed by atoms with Crippen molar-refractivity contribution in [3.05, 3.63) is 45.7 Å². The first-order valence-corrected chi connectivity index (χ1v) is 12.6. The molecule has 2 aliphatic rings. The highest BCUT2D eigenvalue weighted by atomic mass is 32.1. The fraction of sp³-hybridized carbons (Fsp3) is 0.522. The van der Waals surface area contributed by atoms with Crippen LogP contribution in [0.25, 0.3) is 11.1 Å². The number of carbonyl (C=O) groups excluding carboxylic acids is 1. The Morgan fingerprint density at radius 2 is 2.06 bits per heavy atom. The molecule has 1 atom stereocenters. The molecule has 0 radical (unpaired) electrons. The Kier molecular flexibility index (Phi) is 6.24. The molecule has 0 unspecified atom stereocenters. The minimum atomic E-state index is -4.76. The third-order valence-corrected chi connectivity index (χ3v) is 7.94. The molecule has 1 aliphatic heterocycles. The highest BCUT2D eigenvalue weighted by Gasteiger charge is 2.60. The first-order chi connectivity index (χ1) is 16.8. The van der Waals surface area contributed by atoms with E-state index in [-0.39, 0.29) is 22.5 Å². The maximum atomic E-state index is 14.8. The SMILES string of the molecule is CCCCCCn1cc([C@]2(C(F)(F)F)CC(c3ccc(C4CC4)s3)=C(c3nnn[nH]3)C(=O)N2)cn1. The lowest BCUT2D eigenvalue weighted by Crippen LogP contribution is -2.58. The highest BCUT2D eigenvalue weighted by molar-refractivity contribution is 7.13. The van der Waals surface area contributed by atoms with E-state index >= 15 is 0 Å². The number of alkyl halides is 3. The standard InChI is InChI=1S/C23H26F3N7OS/c1-2-3-4-5-10-33-13-15(12-27-33)22(23(24,25)26)11-16(18-9-8-17(35-18)14-6-7-14)19(21(34)28-22)20-29-31-32-30-20/h8-9,12-14H,2-7,10-11H2,1H3,(H,28,34)(H,29,30,31,32)/t22-/m0/s1. The van der Waals surface area contributed by atoms with Crippen LogP contribution in [0.4, 0.5) is 13.2 Å². The maximum Gasteiger partial charge on any atom is 0.416 e. The molecule has 35 heavy (non-hydrogen) atoms. The molecule has 0 bridgehead atoms. The second kappa shape index (κ2) is 9.21. The zero-order valence-corrected chi connectivity index (χ0v) is 20.0. The van der Waals surface area contributed by atoms with Crippen LogP contribution in [0.5, 0.6) is 0 Å². The smallest absolute Gasteiger partial charge is 0.334 e. The summed E-state index contributed by atoms with van der Waals surface area (Å²) in [7, 11) is 0. The van der Waals surface area contributed by atoms with Gasteiger partial charge in [0.05, 0.1) is 11.8 Å². The van der Waals surface area contributed by atoms with Crippen molar-refractivity contribution in [2.45, 2.75) is 76.0 Å². The molecule has 1 saturated carbocycles. The molecule has 3 aromatic heterocycles. The summed E-state index contributed by atoms with van der Waals surface area (Å²) < 4.78 is 45.9. The first-order valence-electron chi connectivity index (χ1n) is 11.8. The lowest BCUT2D eigenvalue weighted by molar-refractivity contribution is -0.201. The number of unbranched alkanes of at least 4 members (excludes halogenated alkanes) is 3. The minimum absolute atomic E-state index is 0.0334. The molecule has 0 aromatic carbocycles. The molecule has 0 saturated heterocycles. The Morgan fingerprint density at radius 3 is 2.74 bits per heavy atom. The number of aromatic amines is 1. The molecule has 8 nitrogen and oxygen atoms in total. The zero-order valence-electron chi connectivity index (χ0n) is 19.2. The van der Waals surface area contributed by atoms with Crippen LogP contribution in [-0.2, 0) is 16.9 Å². The van der Waals surface area contributed by atoms with Crippen molar-refractivity contribution in [1.82, 2.24) is 35.7 Å². The summed E-state index contributed by atoms with van der Waals surface area (Å²) in [5.74, 6) is -0.388. The predicted molar refractivity (Wildman–Crippen MR) is 124 cm³/mol. The Morgan fingerprint density at radius 1 is 1.23 bits per heavy atom. The number of halogens is 3. The quantitative estimate of drug-likeness (QED) is 0.407. The van der Waals surface area contributed by atoms with Gasteiger partial charge in [-0.15, -0.1) is 16.4 Å². The zero-order chi connectivity index (χ0) is 24.6. The van der Waals surface area contributed by atoms with Crippen molar-refractivity contribution in [2.75, 3.05) is 0 Å². The lowest BCUT2D eigenvalue weighted by atomic mass is 9.79. The van der Waals surface area contributed by atoms with E-state index in [0.29, 0.717) is 17.3 Å². The van der Waals surface area contributed by atoms with Crippen LogP contribution in [0.1, 0.15) is 78.9 Å². The van der Waals surface area contributed by atoms with E-state index in [1.807, 2.05) is 6.07 Å². The maximum absolute atomic E-state index is 14.8. The molecule has 0 spiro atoms. The van der Waals surface area contributed by atoms with Crippen LogP contribution in [-0.4, -0.2) is 42.5 Å². The monoisotopic (exact) mass is 505 g/mol. The molecular formula is C23H26F3N7OS. The minimum Gasteiger partial charge on any atom is -0.334 e. The fourth-order valence-corrected chi connectivity index (χ4v) is 5.76. The van der Waals surface area contributed by atoms with Gasteiger partial charge in [-0.3, -0.25) is 9.48 Å². The number of hydrogen-bond acceptors (Lipinski definition) is 6. The molecule has 4 heterocycles. The van der Waals surface area contributed by atoms with Crippen LogP contribution < -0.4 is 5.32 Å².